The summed E-state index contributed by atoms with van der Waals surface area (Å²) in [5.74, 6) is -0.0556. The largest absolute Gasteiger partial charge is 0.491 e. The number of alkyl halides is 3. The molecule has 1 aliphatic heterocycles. The van der Waals surface area contributed by atoms with Crippen LogP contribution in [-0.4, -0.2) is 60.6 Å². The highest BCUT2D eigenvalue weighted by Gasteiger charge is 2.31. The number of amides is 2. The molecule has 0 bridgehead atoms. The van der Waals surface area contributed by atoms with Gasteiger partial charge < -0.3 is 25.8 Å². The van der Waals surface area contributed by atoms with E-state index in [9.17, 15) is 22.4 Å². The van der Waals surface area contributed by atoms with Gasteiger partial charge in [-0.1, -0.05) is 12.1 Å². The summed E-state index contributed by atoms with van der Waals surface area (Å²) in [6.45, 7) is 4.79. The third-order valence-corrected chi connectivity index (χ3v) is 6.69. The molecule has 2 heterocycles. The van der Waals surface area contributed by atoms with Gasteiger partial charge in [0.15, 0.2) is 5.82 Å². The number of halogens is 4. The molecule has 5 N–H and O–H groups in total. The number of aromatic nitrogens is 2. The van der Waals surface area contributed by atoms with E-state index >= 15 is 0 Å². The number of nitrogens with two attached hydrogens (primary N) is 1. The van der Waals surface area contributed by atoms with Gasteiger partial charge in [0, 0.05) is 25.3 Å². The van der Waals surface area contributed by atoms with Gasteiger partial charge in [0.1, 0.15) is 17.1 Å². The van der Waals surface area contributed by atoms with Crippen LogP contribution >= 0.6 is 0 Å². The molecule has 13 heteroatoms. The van der Waals surface area contributed by atoms with Gasteiger partial charge in [0.25, 0.3) is 0 Å². The number of aromatic amines is 1. The second kappa shape index (κ2) is 12.0. The number of nitrogens with zero attached hydrogens (tertiary/aromatic N) is 2. The first-order valence-corrected chi connectivity index (χ1v) is 12.9. The Labute approximate surface area is 232 Å². The maximum Gasteiger partial charge on any atom is 0.416 e. The van der Waals surface area contributed by atoms with Gasteiger partial charge >= 0.3 is 12.2 Å². The molecular formula is C28H28F4N6O3. The second-order valence-electron chi connectivity index (χ2n) is 9.47. The van der Waals surface area contributed by atoms with E-state index in [1.807, 2.05) is 12.1 Å². The van der Waals surface area contributed by atoms with Crippen molar-refractivity contribution in [3.05, 3.63) is 66.0 Å². The maximum absolute atomic E-state index is 14.0. The molecule has 1 saturated heterocycles. The monoisotopic (exact) mass is 572 g/mol. The molecule has 0 atom stereocenters. The first kappa shape index (κ1) is 28.2. The average molecular weight is 573 g/mol. The van der Waals surface area contributed by atoms with E-state index in [1.165, 1.54) is 0 Å². The number of hydrogen-bond acceptors (Lipinski definition) is 6. The van der Waals surface area contributed by atoms with Crippen LogP contribution in [0.5, 0.6) is 5.75 Å². The second-order valence-corrected chi connectivity index (χ2v) is 9.47. The Balaban J connectivity index is 1.24. The lowest BCUT2D eigenvalue weighted by Gasteiger charge is -2.26. The molecule has 0 aliphatic carbocycles. The molecule has 0 spiro atoms. The van der Waals surface area contributed by atoms with Gasteiger partial charge in [-0.15, -0.1) is 0 Å². The predicted molar refractivity (Wildman–Crippen MR) is 147 cm³/mol. The summed E-state index contributed by atoms with van der Waals surface area (Å²) >= 11 is 0. The molecule has 41 heavy (non-hydrogen) atoms. The first-order valence-electron chi connectivity index (χ1n) is 12.9. The Kier molecular flexibility index (Phi) is 8.26. The van der Waals surface area contributed by atoms with E-state index in [0.717, 1.165) is 50.4 Å². The first-order chi connectivity index (χ1) is 19.7. The Morgan fingerprint density at radius 3 is 2.56 bits per heavy atom. The number of benzene rings is 3. The van der Waals surface area contributed by atoms with E-state index in [0.29, 0.717) is 53.0 Å². The Hall–Kier alpha value is -4.36. The van der Waals surface area contributed by atoms with Crippen LogP contribution in [0.4, 0.5) is 39.5 Å². The van der Waals surface area contributed by atoms with E-state index in [2.05, 4.69) is 25.7 Å². The molecule has 9 nitrogen and oxygen atoms in total. The van der Waals surface area contributed by atoms with Crippen LogP contribution < -0.4 is 21.1 Å². The van der Waals surface area contributed by atoms with Gasteiger partial charge in [0.2, 0.25) is 0 Å². The fourth-order valence-electron chi connectivity index (χ4n) is 4.60. The van der Waals surface area contributed by atoms with Crippen molar-refractivity contribution in [2.45, 2.75) is 12.6 Å². The molecular weight excluding hydrogens is 544 g/mol. The molecule has 0 unspecified atom stereocenters. The van der Waals surface area contributed by atoms with Crippen molar-refractivity contribution in [1.82, 2.24) is 15.1 Å². The zero-order chi connectivity index (χ0) is 29.0. The van der Waals surface area contributed by atoms with Gasteiger partial charge in [-0.25, -0.2) is 9.18 Å². The summed E-state index contributed by atoms with van der Waals surface area (Å²) in [5.41, 5.74) is 7.07. The van der Waals surface area contributed by atoms with Crippen LogP contribution in [0.25, 0.3) is 22.0 Å². The molecule has 0 radical (unpaired) electrons. The fourth-order valence-corrected chi connectivity index (χ4v) is 4.60. The van der Waals surface area contributed by atoms with E-state index < -0.39 is 29.3 Å². The van der Waals surface area contributed by atoms with Crippen molar-refractivity contribution in [3.8, 4) is 16.9 Å². The van der Waals surface area contributed by atoms with Crippen LogP contribution in [0.3, 0.4) is 0 Å². The van der Waals surface area contributed by atoms with Crippen molar-refractivity contribution >= 4 is 34.1 Å². The highest BCUT2D eigenvalue weighted by molar-refractivity contribution is 6.04. The topological polar surface area (TPSA) is 118 Å². The Bertz CT molecular complexity index is 1520. The zero-order valence-electron chi connectivity index (χ0n) is 21.9. The number of fused-ring (bicyclic) bond motifs is 1. The number of hydrogen-bond donors (Lipinski definition) is 4. The van der Waals surface area contributed by atoms with Crippen molar-refractivity contribution in [1.29, 1.82) is 0 Å². The molecule has 4 aromatic rings. The minimum atomic E-state index is -4.67. The standard InChI is InChI=1S/C28H28F4N6O3/c29-21-8-4-18(28(30,31)32)16-22(21)35-27(39)34-19-5-2-17(3-6-19)20-7-9-23(25-24(20)26(33)37-36-25)41-13-1-10-38-11-14-40-15-12-38/h2-9,16H,1,10-15H2,(H3,33,36,37)(H2,34,35,39). The number of morpholine rings is 1. The molecule has 216 valence electrons. The average Bonchev–Trinajstić information content (AvgIpc) is 3.34. The lowest BCUT2D eigenvalue weighted by Crippen LogP contribution is -2.37. The van der Waals surface area contributed by atoms with Crippen molar-refractivity contribution in [2.75, 3.05) is 55.8 Å². The third-order valence-electron chi connectivity index (χ3n) is 6.69. The zero-order valence-corrected chi connectivity index (χ0v) is 21.9. The fraction of sp³-hybridized carbons (Fsp3) is 0.286. The number of nitrogens with one attached hydrogen (secondary N) is 3. The van der Waals surface area contributed by atoms with Crippen LogP contribution in [0, 0.1) is 5.82 Å². The summed E-state index contributed by atoms with van der Waals surface area (Å²) in [5, 5.41) is 12.4. The van der Waals surface area contributed by atoms with Gasteiger partial charge in [-0.2, -0.15) is 18.3 Å². The molecule has 0 saturated carbocycles. The lowest BCUT2D eigenvalue weighted by atomic mass is 10.0. The number of urea groups is 1. The van der Waals surface area contributed by atoms with Gasteiger partial charge in [-0.05, 0) is 60.0 Å². The number of nitrogen functional groups attached to an aromatic ring is 1. The summed E-state index contributed by atoms with van der Waals surface area (Å²) < 4.78 is 64.2. The third kappa shape index (κ3) is 6.69. The minimum absolute atomic E-state index is 0.304. The number of anilines is 3. The quantitative estimate of drug-likeness (QED) is 0.159. The van der Waals surface area contributed by atoms with E-state index in [1.54, 1.807) is 24.3 Å². The highest BCUT2D eigenvalue weighted by atomic mass is 19.4. The predicted octanol–water partition coefficient (Wildman–Crippen LogP) is 5.72. The smallest absolute Gasteiger partial charge is 0.416 e. The highest BCUT2D eigenvalue weighted by Crippen LogP contribution is 2.37. The van der Waals surface area contributed by atoms with Gasteiger partial charge in [0.05, 0.1) is 36.5 Å². The number of H-pyrrole nitrogens is 1. The maximum atomic E-state index is 14.0. The van der Waals surface area contributed by atoms with Crippen LogP contribution in [0.15, 0.2) is 54.6 Å². The minimum Gasteiger partial charge on any atom is -0.491 e. The summed E-state index contributed by atoms with van der Waals surface area (Å²) in [6.07, 6.45) is -3.82. The van der Waals surface area contributed by atoms with Crippen molar-refractivity contribution in [2.24, 2.45) is 0 Å². The van der Waals surface area contributed by atoms with Gasteiger partial charge in [-0.3, -0.25) is 10.00 Å². The SMILES string of the molecule is Nc1n[nH]c2c(OCCCN3CCOCC3)ccc(-c3ccc(NC(=O)Nc4cc(C(F)(F)F)ccc4F)cc3)c12. The lowest BCUT2D eigenvalue weighted by molar-refractivity contribution is -0.137. The number of carbonyl (C=O) groups is 1. The van der Waals surface area contributed by atoms with Crippen LogP contribution in [0.2, 0.25) is 0 Å². The molecule has 1 fully saturated rings. The summed E-state index contributed by atoms with van der Waals surface area (Å²) in [6, 6.07) is 11.3. The molecule has 3 aromatic carbocycles. The molecule has 1 aliphatic rings. The number of rotatable bonds is 8. The van der Waals surface area contributed by atoms with E-state index in [-0.39, 0.29) is 0 Å². The summed E-state index contributed by atoms with van der Waals surface area (Å²) in [7, 11) is 0. The van der Waals surface area contributed by atoms with Crippen LogP contribution in [-0.2, 0) is 10.9 Å². The Morgan fingerprint density at radius 1 is 1.07 bits per heavy atom. The molecule has 2 amide bonds. The Morgan fingerprint density at radius 2 is 1.83 bits per heavy atom. The van der Waals surface area contributed by atoms with Crippen molar-refractivity contribution in [3.63, 3.8) is 0 Å². The number of ether oxygens (including phenoxy) is 2. The molecule has 1 aromatic heterocycles. The normalized spacial score (nSPS) is 14.2. The summed E-state index contributed by atoms with van der Waals surface area (Å²) in [4.78, 5) is 14.7. The van der Waals surface area contributed by atoms with E-state index in [4.69, 9.17) is 15.2 Å². The molecule has 5 rings (SSSR count). The van der Waals surface area contributed by atoms with Crippen LogP contribution in [0.1, 0.15) is 12.0 Å². The van der Waals surface area contributed by atoms with Crippen molar-refractivity contribution < 1.29 is 31.8 Å². The number of carbonyl (C=O) groups excluding carboxylic acids is 1.